The van der Waals surface area contributed by atoms with Crippen LogP contribution in [0.2, 0.25) is 0 Å². The van der Waals surface area contributed by atoms with E-state index < -0.39 is 0 Å². The number of phenolic OH excluding ortho intramolecular Hbond substituents is 1. The van der Waals surface area contributed by atoms with Gasteiger partial charge in [-0.2, -0.15) is 0 Å². The average Bonchev–Trinajstić information content (AvgIpc) is 2.45. The summed E-state index contributed by atoms with van der Waals surface area (Å²) in [5.74, 6) is 0.594. The molecule has 0 unspecified atom stereocenters. The van der Waals surface area contributed by atoms with Crippen molar-refractivity contribution in [1.29, 1.82) is 0 Å². The van der Waals surface area contributed by atoms with Crippen LogP contribution in [-0.4, -0.2) is 17.3 Å². The van der Waals surface area contributed by atoms with Crippen molar-refractivity contribution >= 4 is 5.69 Å². The van der Waals surface area contributed by atoms with E-state index in [0.29, 0.717) is 12.3 Å². The second kappa shape index (κ2) is 6.11. The van der Waals surface area contributed by atoms with Gasteiger partial charge in [0.05, 0.1) is 13.7 Å². The van der Waals surface area contributed by atoms with Gasteiger partial charge in [0.15, 0.2) is 11.5 Å². The molecule has 0 spiro atoms. The summed E-state index contributed by atoms with van der Waals surface area (Å²) in [6.07, 6.45) is 0. The molecule has 3 N–H and O–H groups in total. The lowest BCUT2D eigenvalue weighted by Gasteiger charge is -2.09. The zero-order valence-electron chi connectivity index (χ0n) is 10.8. The Labute approximate surface area is 112 Å². The number of aliphatic hydroxyl groups is 1. The highest BCUT2D eigenvalue weighted by atomic mass is 16.5. The molecule has 4 heteroatoms. The fourth-order valence-electron chi connectivity index (χ4n) is 1.83. The average molecular weight is 259 g/mol. The summed E-state index contributed by atoms with van der Waals surface area (Å²) >= 11 is 0. The van der Waals surface area contributed by atoms with E-state index in [4.69, 9.17) is 9.84 Å². The minimum atomic E-state index is 0.0266. The molecule has 19 heavy (non-hydrogen) atoms. The topological polar surface area (TPSA) is 61.7 Å². The Hall–Kier alpha value is -2.20. The molecule has 0 bridgehead atoms. The second-order valence-electron chi connectivity index (χ2n) is 4.22. The summed E-state index contributed by atoms with van der Waals surface area (Å²) in [6.45, 7) is 0.616. The summed E-state index contributed by atoms with van der Waals surface area (Å²) in [7, 11) is 1.52. The highest BCUT2D eigenvalue weighted by Gasteiger charge is 2.02. The molecule has 0 atom stereocenters. The first-order valence-electron chi connectivity index (χ1n) is 6.02. The van der Waals surface area contributed by atoms with Crippen LogP contribution >= 0.6 is 0 Å². The minimum absolute atomic E-state index is 0.0266. The molecular weight excluding hydrogens is 242 g/mol. The van der Waals surface area contributed by atoms with Gasteiger partial charge in [0.2, 0.25) is 0 Å². The van der Waals surface area contributed by atoms with Crippen LogP contribution in [0.5, 0.6) is 11.5 Å². The van der Waals surface area contributed by atoms with Gasteiger partial charge in [0.1, 0.15) is 0 Å². The Morgan fingerprint density at radius 1 is 1.11 bits per heavy atom. The van der Waals surface area contributed by atoms with Crippen molar-refractivity contribution in [3.63, 3.8) is 0 Å². The maximum absolute atomic E-state index is 9.68. The summed E-state index contributed by atoms with van der Waals surface area (Å²) in [6, 6.07) is 12.9. The number of methoxy groups -OCH3 is 1. The Morgan fingerprint density at radius 3 is 2.63 bits per heavy atom. The predicted molar refractivity (Wildman–Crippen MR) is 74.4 cm³/mol. The summed E-state index contributed by atoms with van der Waals surface area (Å²) in [5, 5.41) is 22.0. The van der Waals surface area contributed by atoms with E-state index >= 15 is 0 Å². The zero-order valence-corrected chi connectivity index (χ0v) is 10.8. The SMILES string of the molecule is COc1ccc(CNc2cccc(CO)c2)cc1O. The van der Waals surface area contributed by atoms with E-state index in [2.05, 4.69) is 5.32 Å². The molecule has 0 saturated heterocycles. The lowest BCUT2D eigenvalue weighted by atomic mass is 10.1. The molecule has 0 radical (unpaired) electrons. The maximum Gasteiger partial charge on any atom is 0.160 e. The van der Waals surface area contributed by atoms with Gasteiger partial charge >= 0.3 is 0 Å². The molecule has 0 fully saturated rings. The van der Waals surface area contributed by atoms with Gasteiger partial charge in [-0.3, -0.25) is 0 Å². The van der Waals surface area contributed by atoms with Crippen LogP contribution in [0.25, 0.3) is 0 Å². The Morgan fingerprint density at radius 2 is 1.95 bits per heavy atom. The predicted octanol–water partition coefficient (Wildman–Crippen LogP) is 2.51. The van der Waals surface area contributed by atoms with Gasteiger partial charge in [-0.15, -0.1) is 0 Å². The molecule has 4 nitrogen and oxygen atoms in total. The second-order valence-corrected chi connectivity index (χ2v) is 4.22. The zero-order chi connectivity index (χ0) is 13.7. The van der Waals surface area contributed by atoms with Gasteiger partial charge in [-0.05, 0) is 35.4 Å². The van der Waals surface area contributed by atoms with Crippen molar-refractivity contribution in [3.05, 3.63) is 53.6 Å². The lowest BCUT2D eigenvalue weighted by molar-refractivity contribution is 0.282. The quantitative estimate of drug-likeness (QED) is 0.772. The van der Waals surface area contributed by atoms with Crippen LogP contribution in [0.3, 0.4) is 0 Å². The number of hydrogen-bond acceptors (Lipinski definition) is 4. The van der Waals surface area contributed by atoms with Crippen molar-refractivity contribution in [1.82, 2.24) is 0 Å². The van der Waals surface area contributed by atoms with E-state index in [1.807, 2.05) is 30.3 Å². The molecule has 0 aliphatic rings. The third kappa shape index (κ3) is 3.39. The number of aromatic hydroxyl groups is 1. The van der Waals surface area contributed by atoms with E-state index in [0.717, 1.165) is 16.8 Å². The first-order chi connectivity index (χ1) is 9.22. The van der Waals surface area contributed by atoms with E-state index in [1.165, 1.54) is 7.11 Å². The molecule has 0 aliphatic carbocycles. The molecule has 0 aliphatic heterocycles. The minimum Gasteiger partial charge on any atom is -0.504 e. The van der Waals surface area contributed by atoms with Crippen molar-refractivity contribution in [3.8, 4) is 11.5 Å². The van der Waals surface area contributed by atoms with Crippen LogP contribution in [0.15, 0.2) is 42.5 Å². The number of ether oxygens (including phenoxy) is 1. The number of rotatable bonds is 5. The fraction of sp³-hybridized carbons (Fsp3) is 0.200. The number of hydrogen-bond donors (Lipinski definition) is 3. The maximum atomic E-state index is 9.68. The summed E-state index contributed by atoms with van der Waals surface area (Å²) < 4.78 is 4.99. The van der Waals surface area contributed by atoms with Gasteiger partial charge in [-0.25, -0.2) is 0 Å². The van der Waals surface area contributed by atoms with Crippen LogP contribution in [0.1, 0.15) is 11.1 Å². The Balaban J connectivity index is 2.03. The van der Waals surface area contributed by atoms with Gasteiger partial charge in [-0.1, -0.05) is 18.2 Å². The summed E-state index contributed by atoms with van der Waals surface area (Å²) in [5.41, 5.74) is 2.75. The highest BCUT2D eigenvalue weighted by molar-refractivity contribution is 5.47. The number of nitrogens with one attached hydrogen (secondary N) is 1. The van der Waals surface area contributed by atoms with Crippen molar-refractivity contribution in [2.75, 3.05) is 12.4 Å². The Kier molecular flexibility index (Phi) is 4.26. The first kappa shape index (κ1) is 13.2. The third-order valence-corrected chi connectivity index (χ3v) is 2.85. The molecule has 0 aromatic heterocycles. The van der Waals surface area contributed by atoms with Gasteiger partial charge < -0.3 is 20.3 Å². The monoisotopic (exact) mass is 259 g/mol. The van der Waals surface area contributed by atoms with Gasteiger partial charge in [0.25, 0.3) is 0 Å². The molecular formula is C15H17NO3. The van der Waals surface area contributed by atoms with Crippen LogP contribution in [-0.2, 0) is 13.2 Å². The van der Waals surface area contributed by atoms with Crippen LogP contribution in [0.4, 0.5) is 5.69 Å². The molecule has 0 saturated carbocycles. The molecule has 0 heterocycles. The highest BCUT2D eigenvalue weighted by Crippen LogP contribution is 2.26. The number of aliphatic hydroxyl groups excluding tert-OH is 1. The third-order valence-electron chi connectivity index (χ3n) is 2.85. The lowest BCUT2D eigenvalue weighted by Crippen LogP contribution is -2.00. The molecule has 2 rings (SSSR count). The number of phenols is 1. The fourth-order valence-corrected chi connectivity index (χ4v) is 1.83. The summed E-state index contributed by atoms with van der Waals surface area (Å²) in [4.78, 5) is 0. The number of benzene rings is 2. The molecule has 2 aromatic carbocycles. The molecule has 0 amide bonds. The molecule has 100 valence electrons. The smallest absolute Gasteiger partial charge is 0.160 e. The van der Waals surface area contributed by atoms with Crippen LogP contribution < -0.4 is 10.1 Å². The van der Waals surface area contributed by atoms with E-state index in [1.54, 1.807) is 12.1 Å². The molecule has 2 aromatic rings. The normalized spacial score (nSPS) is 10.2. The largest absolute Gasteiger partial charge is 0.504 e. The standard InChI is InChI=1S/C15H17NO3/c1-19-15-6-5-11(8-14(15)18)9-16-13-4-2-3-12(7-13)10-17/h2-8,16-18H,9-10H2,1H3. The number of anilines is 1. The van der Waals surface area contributed by atoms with Crippen molar-refractivity contribution in [2.24, 2.45) is 0 Å². The van der Waals surface area contributed by atoms with Gasteiger partial charge in [0, 0.05) is 12.2 Å². The van der Waals surface area contributed by atoms with Crippen LogP contribution in [0, 0.1) is 0 Å². The first-order valence-corrected chi connectivity index (χ1v) is 6.02. The van der Waals surface area contributed by atoms with E-state index in [9.17, 15) is 5.11 Å². The van der Waals surface area contributed by atoms with Crippen molar-refractivity contribution in [2.45, 2.75) is 13.2 Å². The van der Waals surface area contributed by atoms with Crippen molar-refractivity contribution < 1.29 is 14.9 Å². The Bertz CT molecular complexity index is 555. The van der Waals surface area contributed by atoms with E-state index in [-0.39, 0.29) is 12.4 Å².